The Kier molecular flexibility index (Phi) is 5.67. The van der Waals surface area contributed by atoms with Crippen LogP contribution in [0, 0.1) is 0 Å². The van der Waals surface area contributed by atoms with Gasteiger partial charge in [-0.2, -0.15) is 0 Å². The molecule has 5 aromatic carbocycles. The zero-order valence-electron chi connectivity index (χ0n) is 25.8. The third-order valence-corrected chi connectivity index (χ3v) is 11.9. The number of rotatable bonds is 3. The highest BCUT2D eigenvalue weighted by atomic mass is 32.1. The Balaban J connectivity index is 1.28. The van der Waals surface area contributed by atoms with Crippen LogP contribution in [0.25, 0.3) is 107 Å². The third kappa shape index (κ3) is 3.99. The van der Waals surface area contributed by atoms with E-state index in [-0.39, 0.29) is 0 Å². The zero-order valence-corrected chi connectivity index (χ0v) is 27.5. The van der Waals surface area contributed by atoms with E-state index in [0.29, 0.717) is 0 Å². The Bertz CT molecular complexity index is 3000. The molecule has 11 aromatic rings. The Morgan fingerprint density at radius 2 is 1.04 bits per heavy atom. The van der Waals surface area contributed by atoms with E-state index in [1.165, 1.54) is 40.7 Å². The molecule has 0 aliphatic heterocycles. The van der Waals surface area contributed by atoms with Crippen molar-refractivity contribution in [2.45, 2.75) is 0 Å². The van der Waals surface area contributed by atoms with Gasteiger partial charge in [0.15, 0.2) is 5.58 Å². The maximum atomic E-state index is 6.68. The van der Waals surface area contributed by atoms with Crippen molar-refractivity contribution in [2.24, 2.45) is 0 Å². The lowest BCUT2D eigenvalue weighted by atomic mass is 9.91. The summed E-state index contributed by atoms with van der Waals surface area (Å²) in [7, 11) is 0. The molecule has 0 saturated heterocycles. The Morgan fingerprint density at radius 3 is 1.71 bits per heavy atom. The molecule has 0 saturated carbocycles. The lowest BCUT2D eigenvalue weighted by Gasteiger charge is -2.14. The standard InChI is InChI=1S/C43H23N3OS2/c1-3-15-33-29(9-1)37(41-40(46-33)30-10-2-4-16-34(30)47-41)26-22-24(27-11-5-13-31-38-35(48-42(27)31)17-7-19-44-38)21-25(23-26)28-12-6-14-32-39-36(49-43(28)32)18-8-20-45-39/h1-23H. The van der Waals surface area contributed by atoms with Crippen LogP contribution in [-0.4, -0.2) is 15.0 Å². The quantitative estimate of drug-likeness (QED) is 0.189. The number of para-hydroxylation sites is 2. The number of nitrogens with zero attached hydrogens (tertiary/aromatic N) is 3. The summed E-state index contributed by atoms with van der Waals surface area (Å²) in [6, 6.07) is 45.1. The van der Waals surface area contributed by atoms with Gasteiger partial charge < -0.3 is 4.42 Å². The molecule has 0 aliphatic carbocycles. The van der Waals surface area contributed by atoms with E-state index in [1.54, 1.807) is 22.7 Å². The monoisotopic (exact) mass is 661 g/mol. The normalized spacial score (nSPS) is 12.1. The lowest BCUT2D eigenvalue weighted by Crippen LogP contribution is -1.90. The van der Waals surface area contributed by atoms with Crippen molar-refractivity contribution < 1.29 is 4.42 Å². The van der Waals surface area contributed by atoms with E-state index in [2.05, 4.69) is 97.1 Å². The van der Waals surface area contributed by atoms with Crippen molar-refractivity contribution in [3.63, 3.8) is 0 Å². The van der Waals surface area contributed by atoms with Gasteiger partial charge in [-0.15, -0.1) is 22.7 Å². The van der Waals surface area contributed by atoms with Crippen molar-refractivity contribution in [1.29, 1.82) is 0 Å². The fourth-order valence-electron chi connectivity index (χ4n) is 7.40. The van der Waals surface area contributed by atoms with Crippen LogP contribution in [0.15, 0.2) is 144 Å². The molecule has 0 aliphatic rings. The first kappa shape index (κ1) is 27.0. The Morgan fingerprint density at radius 1 is 0.469 bits per heavy atom. The molecule has 0 unspecified atom stereocenters. The van der Waals surface area contributed by atoms with Gasteiger partial charge >= 0.3 is 0 Å². The summed E-state index contributed by atoms with van der Waals surface area (Å²) in [4.78, 5) is 14.7. The lowest BCUT2D eigenvalue weighted by molar-refractivity contribution is 0.670. The molecule has 0 amide bonds. The van der Waals surface area contributed by atoms with Gasteiger partial charge in [-0.3, -0.25) is 9.97 Å². The molecule has 0 N–H and O–H groups in total. The minimum absolute atomic E-state index is 0.802. The predicted octanol–water partition coefficient (Wildman–Crippen LogP) is 12.7. The second-order valence-electron chi connectivity index (χ2n) is 12.3. The summed E-state index contributed by atoms with van der Waals surface area (Å²) in [6.45, 7) is 0. The number of aromatic nitrogens is 3. The molecular formula is C43H23N3OS2. The van der Waals surface area contributed by atoms with Crippen LogP contribution in [0.5, 0.6) is 0 Å². The maximum absolute atomic E-state index is 6.68. The molecule has 6 heterocycles. The van der Waals surface area contributed by atoms with Gasteiger partial charge in [0.2, 0.25) is 0 Å². The summed E-state index contributed by atoms with van der Waals surface area (Å²) >= 11 is 3.61. The highest BCUT2D eigenvalue weighted by molar-refractivity contribution is 7.26. The van der Waals surface area contributed by atoms with Crippen molar-refractivity contribution in [2.75, 3.05) is 0 Å². The van der Waals surface area contributed by atoms with Gasteiger partial charge in [-0.25, -0.2) is 4.98 Å². The number of fused-ring (bicyclic) bond motifs is 10. The van der Waals surface area contributed by atoms with Gasteiger partial charge in [0, 0.05) is 48.9 Å². The molecule has 0 atom stereocenters. The third-order valence-electron chi connectivity index (χ3n) is 9.55. The number of pyridine rings is 3. The van der Waals surface area contributed by atoms with Gasteiger partial charge in [0.1, 0.15) is 11.1 Å². The van der Waals surface area contributed by atoms with Crippen LogP contribution in [0.4, 0.5) is 0 Å². The van der Waals surface area contributed by atoms with Crippen LogP contribution >= 0.6 is 22.7 Å². The molecule has 11 rings (SSSR count). The van der Waals surface area contributed by atoms with E-state index < -0.39 is 0 Å². The Labute approximate surface area is 287 Å². The predicted molar refractivity (Wildman–Crippen MR) is 207 cm³/mol. The van der Waals surface area contributed by atoms with Crippen molar-refractivity contribution in [3.8, 4) is 33.4 Å². The number of hydrogen-bond acceptors (Lipinski definition) is 6. The first-order valence-electron chi connectivity index (χ1n) is 16.2. The zero-order chi connectivity index (χ0) is 32.1. The van der Waals surface area contributed by atoms with E-state index >= 15 is 0 Å². The van der Waals surface area contributed by atoms with Crippen molar-refractivity contribution in [3.05, 3.63) is 140 Å². The summed E-state index contributed by atoms with van der Waals surface area (Å²) in [5.41, 5.74) is 12.4. The topological polar surface area (TPSA) is 51.8 Å². The molecule has 0 radical (unpaired) electrons. The minimum Gasteiger partial charge on any atom is -0.454 e. The molecule has 0 fully saturated rings. The first-order valence-corrected chi connectivity index (χ1v) is 17.8. The SMILES string of the molecule is c1ccc2c(-c3cc(-c4cccc5c4sc4cccnc45)cc(-c4cccc5c4sc4cccnc45)c3)c3oc4ccccc4c3nc2c1. The van der Waals surface area contributed by atoms with Crippen LogP contribution < -0.4 is 0 Å². The van der Waals surface area contributed by atoms with E-state index in [4.69, 9.17) is 19.4 Å². The van der Waals surface area contributed by atoms with E-state index in [1.807, 2.05) is 42.7 Å². The number of furan rings is 1. The van der Waals surface area contributed by atoms with Gasteiger partial charge in [0.05, 0.1) is 25.9 Å². The molecule has 6 heteroatoms. The van der Waals surface area contributed by atoms with Crippen LogP contribution in [0.3, 0.4) is 0 Å². The first-order chi connectivity index (χ1) is 24.3. The second-order valence-corrected chi connectivity index (χ2v) is 14.5. The molecule has 49 heavy (non-hydrogen) atoms. The highest BCUT2D eigenvalue weighted by Gasteiger charge is 2.21. The van der Waals surface area contributed by atoms with Crippen molar-refractivity contribution >= 4 is 96.3 Å². The van der Waals surface area contributed by atoms with Gasteiger partial charge in [-0.1, -0.05) is 66.7 Å². The molecule has 0 spiro atoms. The molecule has 6 aromatic heterocycles. The van der Waals surface area contributed by atoms with Crippen molar-refractivity contribution in [1.82, 2.24) is 15.0 Å². The summed E-state index contributed by atoms with van der Waals surface area (Å²) in [5, 5.41) is 4.44. The summed E-state index contributed by atoms with van der Waals surface area (Å²) in [5.74, 6) is 0. The fraction of sp³-hybridized carbons (Fsp3) is 0. The minimum atomic E-state index is 0.802. The molecule has 0 bridgehead atoms. The fourth-order valence-corrected chi connectivity index (χ4v) is 9.79. The number of thiophene rings is 2. The van der Waals surface area contributed by atoms with Crippen LogP contribution in [0.2, 0.25) is 0 Å². The average molecular weight is 662 g/mol. The Hall–Kier alpha value is -5.95. The summed E-state index contributed by atoms with van der Waals surface area (Å²) in [6.07, 6.45) is 3.76. The molecular weight excluding hydrogens is 639 g/mol. The number of benzene rings is 5. The van der Waals surface area contributed by atoms with Gasteiger partial charge in [0.25, 0.3) is 0 Å². The van der Waals surface area contributed by atoms with Crippen LogP contribution in [0.1, 0.15) is 0 Å². The molecule has 4 nitrogen and oxygen atoms in total. The number of hydrogen-bond donors (Lipinski definition) is 0. The van der Waals surface area contributed by atoms with Gasteiger partial charge in [-0.05, 0) is 88.5 Å². The second kappa shape index (κ2) is 10.3. The summed E-state index contributed by atoms with van der Waals surface area (Å²) < 4.78 is 11.5. The average Bonchev–Trinajstić information content (AvgIpc) is 3.85. The van der Waals surface area contributed by atoms with Crippen LogP contribution in [-0.2, 0) is 0 Å². The largest absolute Gasteiger partial charge is 0.454 e. The maximum Gasteiger partial charge on any atom is 0.162 e. The smallest absolute Gasteiger partial charge is 0.162 e. The van der Waals surface area contributed by atoms with E-state index in [9.17, 15) is 0 Å². The van der Waals surface area contributed by atoms with E-state index in [0.717, 1.165) is 66.3 Å². The molecule has 228 valence electrons. The highest BCUT2D eigenvalue weighted by Crippen LogP contribution is 2.46.